The van der Waals surface area contributed by atoms with E-state index in [-0.39, 0.29) is 0 Å². The Morgan fingerprint density at radius 2 is 2.11 bits per heavy atom. The number of hydrogen-bond donors (Lipinski definition) is 1. The van der Waals surface area contributed by atoms with Gasteiger partial charge in [0.15, 0.2) is 0 Å². The molecule has 3 heteroatoms. The summed E-state index contributed by atoms with van der Waals surface area (Å²) in [5.41, 5.74) is 8.40. The Bertz CT molecular complexity index is 413. The molecular formula is C16H26N2O. The Hall–Kier alpha value is -1.06. The van der Waals surface area contributed by atoms with Crippen molar-refractivity contribution in [2.75, 3.05) is 20.2 Å². The minimum Gasteiger partial charge on any atom is -0.494 e. The van der Waals surface area contributed by atoms with E-state index < -0.39 is 0 Å². The fourth-order valence-corrected chi connectivity index (χ4v) is 2.88. The Balaban J connectivity index is 1.86. The van der Waals surface area contributed by atoms with Crippen molar-refractivity contribution in [1.29, 1.82) is 0 Å². The van der Waals surface area contributed by atoms with E-state index in [9.17, 15) is 0 Å². The molecule has 1 saturated carbocycles. The summed E-state index contributed by atoms with van der Waals surface area (Å²) in [4.78, 5) is 2.39. The molecule has 0 aliphatic heterocycles. The summed E-state index contributed by atoms with van der Waals surface area (Å²) >= 11 is 0. The zero-order valence-corrected chi connectivity index (χ0v) is 12.4. The number of rotatable bonds is 6. The molecule has 0 atom stereocenters. The number of hydrogen-bond acceptors (Lipinski definition) is 3. The highest BCUT2D eigenvalue weighted by Gasteiger charge is 2.26. The van der Waals surface area contributed by atoms with Crippen molar-refractivity contribution in [1.82, 2.24) is 4.90 Å². The van der Waals surface area contributed by atoms with Gasteiger partial charge in [-0.2, -0.15) is 0 Å². The second-order valence-electron chi connectivity index (χ2n) is 5.83. The molecule has 1 aromatic rings. The molecule has 0 heterocycles. The third-order valence-corrected chi connectivity index (χ3v) is 3.83. The summed E-state index contributed by atoms with van der Waals surface area (Å²) in [6.45, 7) is 7.00. The van der Waals surface area contributed by atoms with Gasteiger partial charge in [0.25, 0.3) is 0 Å². The van der Waals surface area contributed by atoms with Crippen molar-refractivity contribution < 1.29 is 4.74 Å². The molecule has 0 aromatic heterocycles. The van der Waals surface area contributed by atoms with E-state index >= 15 is 0 Å². The summed E-state index contributed by atoms with van der Waals surface area (Å²) < 4.78 is 5.57. The van der Waals surface area contributed by atoms with E-state index in [1.54, 1.807) is 0 Å². The van der Waals surface area contributed by atoms with Gasteiger partial charge in [-0.05, 0) is 56.8 Å². The van der Waals surface area contributed by atoms with Crippen LogP contribution in [0.15, 0.2) is 18.2 Å². The smallest absolute Gasteiger partial charge is 0.122 e. The molecule has 0 radical (unpaired) electrons. The van der Waals surface area contributed by atoms with E-state index in [1.165, 1.54) is 24.0 Å². The molecule has 0 bridgehead atoms. The summed E-state index contributed by atoms with van der Waals surface area (Å²) in [6, 6.07) is 6.93. The number of ether oxygens (including phenoxy) is 1. The van der Waals surface area contributed by atoms with Crippen LogP contribution in [0.2, 0.25) is 0 Å². The third-order valence-electron chi connectivity index (χ3n) is 3.83. The van der Waals surface area contributed by atoms with Gasteiger partial charge in [0.05, 0.1) is 6.61 Å². The average molecular weight is 262 g/mol. The largest absolute Gasteiger partial charge is 0.494 e. The zero-order chi connectivity index (χ0) is 13.8. The maximum Gasteiger partial charge on any atom is 0.122 e. The lowest BCUT2D eigenvalue weighted by atomic mass is 9.80. The molecule has 0 saturated heterocycles. The minimum absolute atomic E-state index is 0.450. The second kappa shape index (κ2) is 6.40. The minimum atomic E-state index is 0.450. The molecule has 1 aliphatic rings. The van der Waals surface area contributed by atoms with Crippen LogP contribution in [-0.2, 0) is 6.54 Å². The van der Waals surface area contributed by atoms with Crippen molar-refractivity contribution in [3.8, 4) is 5.75 Å². The number of nitrogens with two attached hydrogens (primary N) is 1. The quantitative estimate of drug-likeness (QED) is 0.856. The Morgan fingerprint density at radius 1 is 1.37 bits per heavy atom. The van der Waals surface area contributed by atoms with Crippen molar-refractivity contribution in [2.45, 2.75) is 39.3 Å². The standard InChI is InChI=1S/C16H26N2O/c1-4-19-16-6-5-13(7-12(16)2)10-18(3)11-14-8-15(17)9-14/h5-7,14-15H,4,8-11,17H2,1-3H3. The number of benzene rings is 1. The van der Waals surface area contributed by atoms with Crippen LogP contribution in [0.5, 0.6) is 5.75 Å². The van der Waals surface area contributed by atoms with Crippen LogP contribution in [0.3, 0.4) is 0 Å². The molecular weight excluding hydrogens is 236 g/mol. The van der Waals surface area contributed by atoms with Gasteiger partial charge in [0.1, 0.15) is 5.75 Å². The summed E-state index contributed by atoms with van der Waals surface area (Å²) in [6.07, 6.45) is 2.37. The molecule has 0 unspecified atom stereocenters. The van der Waals surface area contributed by atoms with Crippen LogP contribution in [0.4, 0.5) is 0 Å². The lowest BCUT2D eigenvalue weighted by Gasteiger charge is -2.35. The molecule has 1 aromatic carbocycles. The van der Waals surface area contributed by atoms with Gasteiger partial charge in [-0.25, -0.2) is 0 Å². The van der Waals surface area contributed by atoms with Crippen molar-refractivity contribution in [2.24, 2.45) is 11.7 Å². The summed E-state index contributed by atoms with van der Waals surface area (Å²) in [5, 5.41) is 0. The van der Waals surface area contributed by atoms with Crippen LogP contribution >= 0.6 is 0 Å². The van der Waals surface area contributed by atoms with Gasteiger partial charge < -0.3 is 15.4 Å². The first-order valence-corrected chi connectivity index (χ1v) is 7.25. The van der Waals surface area contributed by atoms with E-state index in [4.69, 9.17) is 10.5 Å². The first kappa shape index (κ1) is 14.4. The van der Waals surface area contributed by atoms with Gasteiger partial charge >= 0.3 is 0 Å². The van der Waals surface area contributed by atoms with Crippen LogP contribution in [0, 0.1) is 12.8 Å². The predicted octanol–water partition coefficient (Wildman–Crippen LogP) is 2.56. The van der Waals surface area contributed by atoms with Gasteiger partial charge in [0, 0.05) is 19.1 Å². The van der Waals surface area contributed by atoms with E-state index in [0.717, 1.165) is 31.4 Å². The first-order valence-electron chi connectivity index (χ1n) is 7.25. The maximum absolute atomic E-state index is 5.83. The molecule has 0 spiro atoms. The third kappa shape index (κ3) is 3.95. The molecule has 2 N–H and O–H groups in total. The molecule has 106 valence electrons. The van der Waals surface area contributed by atoms with Crippen molar-refractivity contribution in [3.05, 3.63) is 29.3 Å². The van der Waals surface area contributed by atoms with E-state index in [1.807, 2.05) is 6.92 Å². The molecule has 2 rings (SSSR count). The average Bonchev–Trinajstić information content (AvgIpc) is 2.31. The van der Waals surface area contributed by atoms with Crippen molar-refractivity contribution >= 4 is 0 Å². The second-order valence-corrected chi connectivity index (χ2v) is 5.83. The highest BCUT2D eigenvalue weighted by molar-refractivity contribution is 5.36. The van der Waals surface area contributed by atoms with Crippen molar-refractivity contribution in [3.63, 3.8) is 0 Å². The van der Waals surface area contributed by atoms with Crippen LogP contribution in [-0.4, -0.2) is 31.1 Å². The van der Waals surface area contributed by atoms with Crippen LogP contribution in [0.1, 0.15) is 30.9 Å². The molecule has 0 amide bonds. The Morgan fingerprint density at radius 3 is 2.68 bits per heavy atom. The SMILES string of the molecule is CCOc1ccc(CN(C)CC2CC(N)C2)cc1C. The van der Waals surface area contributed by atoms with Gasteiger partial charge in [0.2, 0.25) is 0 Å². The highest BCUT2D eigenvalue weighted by Crippen LogP contribution is 2.26. The fraction of sp³-hybridized carbons (Fsp3) is 0.625. The number of aryl methyl sites for hydroxylation is 1. The topological polar surface area (TPSA) is 38.5 Å². The van der Waals surface area contributed by atoms with Crippen LogP contribution < -0.4 is 10.5 Å². The van der Waals surface area contributed by atoms with E-state index in [0.29, 0.717) is 6.04 Å². The normalized spacial score (nSPS) is 22.4. The van der Waals surface area contributed by atoms with Gasteiger partial charge in [-0.3, -0.25) is 0 Å². The number of nitrogens with zero attached hydrogens (tertiary/aromatic N) is 1. The Labute approximate surface area is 116 Å². The van der Waals surface area contributed by atoms with Gasteiger partial charge in [-0.1, -0.05) is 12.1 Å². The monoisotopic (exact) mass is 262 g/mol. The first-order chi connectivity index (χ1) is 9.08. The molecule has 1 aliphatic carbocycles. The van der Waals surface area contributed by atoms with E-state index in [2.05, 4.69) is 37.1 Å². The van der Waals surface area contributed by atoms with Crippen LogP contribution in [0.25, 0.3) is 0 Å². The lowest BCUT2D eigenvalue weighted by Crippen LogP contribution is -2.41. The highest BCUT2D eigenvalue weighted by atomic mass is 16.5. The lowest BCUT2D eigenvalue weighted by molar-refractivity contribution is 0.178. The summed E-state index contributed by atoms with van der Waals surface area (Å²) in [7, 11) is 2.19. The zero-order valence-electron chi connectivity index (χ0n) is 12.4. The summed E-state index contributed by atoms with van der Waals surface area (Å²) in [5.74, 6) is 1.79. The molecule has 1 fully saturated rings. The van der Waals surface area contributed by atoms with Gasteiger partial charge in [-0.15, -0.1) is 0 Å². The Kier molecular flexibility index (Phi) is 4.83. The molecule has 3 nitrogen and oxygen atoms in total. The fourth-order valence-electron chi connectivity index (χ4n) is 2.88. The molecule has 19 heavy (non-hydrogen) atoms. The predicted molar refractivity (Wildman–Crippen MR) is 79.4 cm³/mol. The maximum atomic E-state index is 5.83.